The highest BCUT2D eigenvalue weighted by Gasteiger charge is 2.18. The van der Waals surface area contributed by atoms with Gasteiger partial charge in [0.2, 0.25) is 0 Å². The third-order valence-electron chi connectivity index (χ3n) is 2.83. The van der Waals surface area contributed by atoms with Gasteiger partial charge in [-0.05, 0) is 39.2 Å². The number of nitrogens with zero attached hydrogens (tertiary/aromatic N) is 1. The molecular weight excluding hydrogens is 208 g/mol. The summed E-state index contributed by atoms with van der Waals surface area (Å²) in [5.74, 6) is 0. The SMILES string of the molecule is CCOC1CCN(CCCC(N)=S)CC1. The normalized spacial score (nSPS) is 19.3. The first-order valence-electron chi connectivity index (χ1n) is 5.84. The molecule has 1 aliphatic heterocycles. The Hall–Kier alpha value is -0.190. The van der Waals surface area contributed by atoms with Gasteiger partial charge in [-0.1, -0.05) is 12.2 Å². The molecule has 0 aromatic carbocycles. The lowest BCUT2D eigenvalue weighted by Crippen LogP contribution is -2.37. The molecule has 0 saturated carbocycles. The van der Waals surface area contributed by atoms with Crippen LogP contribution in [0.5, 0.6) is 0 Å². The Kier molecular flexibility index (Phi) is 6.13. The molecule has 2 N–H and O–H groups in total. The van der Waals surface area contributed by atoms with Crippen molar-refractivity contribution >= 4 is 17.2 Å². The fourth-order valence-electron chi connectivity index (χ4n) is 2.01. The number of hydrogen-bond acceptors (Lipinski definition) is 3. The van der Waals surface area contributed by atoms with E-state index in [9.17, 15) is 0 Å². The smallest absolute Gasteiger partial charge is 0.0727 e. The van der Waals surface area contributed by atoms with E-state index in [0.29, 0.717) is 11.1 Å². The molecule has 0 unspecified atom stereocenters. The highest BCUT2D eigenvalue weighted by Crippen LogP contribution is 2.13. The summed E-state index contributed by atoms with van der Waals surface area (Å²) in [6.07, 6.45) is 4.79. The maximum absolute atomic E-state index is 5.61. The molecule has 0 amide bonds. The quantitative estimate of drug-likeness (QED) is 0.703. The number of rotatable bonds is 6. The molecule has 88 valence electrons. The van der Waals surface area contributed by atoms with Crippen LogP contribution in [0, 0.1) is 0 Å². The summed E-state index contributed by atoms with van der Waals surface area (Å²) < 4.78 is 5.61. The van der Waals surface area contributed by atoms with E-state index in [1.165, 1.54) is 12.8 Å². The summed E-state index contributed by atoms with van der Waals surface area (Å²) >= 11 is 4.85. The summed E-state index contributed by atoms with van der Waals surface area (Å²) in [4.78, 5) is 3.12. The Balaban J connectivity index is 2.06. The van der Waals surface area contributed by atoms with Crippen LogP contribution in [0.3, 0.4) is 0 Å². The first-order chi connectivity index (χ1) is 7.22. The molecule has 0 spiro atoms. The van der Waals surface area contributed by atoms with Crippen molar-refractivity contribution in [2.45, 2.75) is 38.7 Å². The minimum Gasteiger partial charge on any atom is -0.393 e. The summed E-state index contributed by atoms with van der Waals surface area (Å²) in [6.45, 7) is 6.33. The predicted molar refractivity (Wildman–Crippen MR) is 67.1 cm³/mol. The van der Waals surface area contributed by atoms with E-state index in [2.05, 4.69) is 11.8 Å². The van der Waals surface area contributed by atoms with E-state index in [0.717, 1.165) is 39.1 Å². The molecule has 1 rings (SSSR count). The molecule has 4 heteroatoms. The van der Waals surface area contributed by atoms with Crippen LogP contribution in [0.15, 0.2) is 0 Å². The zero-order valence-corrected chi connectivity index (χ0v) is 10.4. The Labute approximate surface area is 98.0 Å². The largest absolute Gasteiger partial charge is 0.393 e. The minimum absolute atomic E-state index is 0.488. The van der Waals surface area contributed by atoms with Crippen LogP contribution in [-0.4, -0.2) is 42.2 Å². The number of hydrogen-bond donors (Lipinski definition) is 1. The fourth-order valence-corrected chi connectivity index (χ4v) is 2.16. The van der Waals surface area contributed by atoms with Gasteiger partial charge in [-0.25, -0.2) is 0 Å². The number of piperidine rings is 1. The van der Waals surface area contributed by atoms with Crippen LogP contribution in [0.25, 0.3) is 0 Å². The molecule has 0 aliphatic carbocycles. The molecular formula is C11H22N2OS. The highest BCUT2D eigenvalue weighted by molar-refractivity contribution is 7.80. The molecule has 0 radical (unpaired) electrons. The van der Waals surface area contributed by atoms with Crippen molar-refractivity contribution in [2.24, 2.45) is 5.73 Å². The van der Waals surface area contributed by atoms with Crippen molar-refractivity contribution in [2.75, 3.05) is 26.2 Å². The van der Waals surface area contributed by atoms with Crippen LogP contribution < -0.4 is 5.73 Å². The first-order valence-corrected chi connectivity index (χ1v) is 6.25. The van der Waals surface area contributed by atoms with Gasteiger partial charge in [-0.15, -0.1) is 0 Å². The van der Waals surface area contributed by atoms with E-state index in [-0.39, 0.29) is 0 Å². The van der Waals surface area contributed by atoms with Crippen molar-refractivity contribution < 1.29 is 4.74 Å². The maximum atomic E-state index is 5.61. The molecule has 1 fully saturated rings. The average molecular weight is 230 g/mol. The van der Waals surface area contributed by atoms with Crippen LogP contribution in [-0.2, 0) is 4.74 Å². The summed E-state index contributed by atoms with van der Waals surface area (Å²) in [7, 11) is 0. The predicted octanol–water partition coefficient (Wildman–Crippen LogP) is 1.55. The van der Waals surface area contributed by atoms with E-state index < -0.39 is 0 Å². The highest BCUT2D eigenvalue weighted by atomic mass is 32.1. The Bertz CT molecular complexity index is 191. The van der Waals surface area contributed by atoms with Gasteiger partial charge >= 0.3 is 0 Å². The van der Waals surface area contributed by atoms with Crippen LogP contribution in [0.2, 0.25) is 0 Å². The minimum atomic E-state index is 0.488. The summed E-state index contributed by atoms with van der Waals surface area (Å²) in [5, 5.41) is 0. The van der Waals surface area contributed by atoms with Crippen molar-refractivity contribution in [3.63, 3.8) is 0 Å². The Morgan fingerprint density at radius 1 is 1.47 bits per heavy atom. The van der Waals surface area contributed by atoms with Gasteiger partial charge in [0, 0.05) is 19.7 Å². The van der Waals surface area contributed by atoms with Crippen LogP contribution >= 0.6 is 12.2 Å². The summed E-state index contributed by atoms with van der Waals surface area (Å²) in [6, 6.07) is 0. The molecule has 1 heterocycles. The van der Waals surface area contributed by atoms with Crippen molar-refractivity contribution in [1.29, 1.82) is 0 Å². The number of likely N-dealkylation sites (tertiary alicyclic amines) is 1. The molecule has 0 aromatic heterocycles. The van der Waals surface area contributed by atoms with E-state index in [4.69, 9.17) is 22.7 Å². The van der Waals surface area contributed by atoms with Crippen molar-refractivity contribution in [3.8, 4) is 0 Å². The second kappa shape index (κ2) is 7.14. The van der Waals surface area contributed by atoms with E-state index in [1.807, 2.05) is 0 Å². The Morgan fingerprint density at radius 3 is 2.67 bits per heavy atom. The zero-order valence-electron chi connectivity index (χ0n) is 9.58. The zero-order chi connectivity index (χ0) is 11.1. The van der Waals surface area contributed by atoms with Gasteiger partial charge < -0.3 is 15.4 Å². The fraction of sp³-hybridized carbons (Fsp3) is 0.909. The lowest BCUT2D eigenvalue weighted by Gasteiger charge is -2.31. The lowest BCUT2D eigenvalue weighted by atomic mass is 10.1. The van der Waals surface area contributed by atoms with Crippen molar-refractivity contribution in [3.05, 3.63) is 0 Å². The third-order valence-corrected chi connectivity index (χ3v) is 3.04. The van der Waals surface area contributed by atoms with Gasteiger partial charge in [0.1, 0.15) is 0 Å². The number of thiocarbonyl (C=S) groups is 1. The average Bonchev–Trinajstić information content (AvgIpc) is 2.20. The lowest BCUT2D eigenvalue weighted by molar-refractivity contribution is 0.0142. The molecule has 1 aliphatic rings. The molecule has 0 bridgehead atoms. The van der Waals surface area contributed by atoms with E-state index in [1.54, 1.807) is 0 Å². The van der Waals surface area contributed by atoms with Crippen molar-refractivity contribution in [1.82, 2.24) is 4.90 Å². The standard InChI is InChI=1S/C11H22N2OS/c1-2-14-10-5-8-13(9-6-10)7-3-4-11(12)15/h10H,2-9H2,1H3,(H2,12,15). The topological polar surface area (TPSA) is 38.5 Å². The number of nitrogens with two attached hydrogens (primary N) is 1. The molecule has 3 nitrogen and oxygen atoms in total. The second-order valence-corrected chi connectivity index (χ2v) is 4.59. The first kappa shape index (κ1) is 12.9. The van der Waals surface area contributed by atoms with Gasteiger partial charge in [-0.3, -0.25) is 0 Å². The second-order valence-electron chi connectivity index (χ2n) is 4.07. The van der Waals surface area contributed by atoms with Gasteiger partial charge in [0.05, 0.1) is 11.1 Å². The van der Waals surface area contributed by atoms with Gasteiger partial charge in [-0.2, -0.15) is 0 Å². The van der Waals surface area contributed by atoms with Gasteiger partial charge in [0.15, 0.2) is 0 Å². The maximum Gasteiger partial charge on any atom is 0.0727 e. The molecule has 0 aromatic rings. The molecule has 1 saturated heterocycles. The molecule has 0 atom stereocenters. The third kappa shape index (κ3) is 5.44. The van der Waals surface area contributed by atoms with E-state index >= 15 is 0 Å². The Morgan fingerprint density at radius 2 is 2.13 bits per heavy atom. The summed E-state index contributed by atoms with van der Waals surface area (Å²) in [5.41, 5.74) is 5.46. The van der Waals surface area contributed by atoms with Crippen LogP contribution in [0.1, 0.15) is 32.6 Å². The monoisotopic (exact) mass is 230 g/mol. The van der Waals surface area contributed by atoms with Gasteiger partial charge in [0.25, 0.3) is 0 Å². The molecule has 15 heavy (non-hydrogen) atoms. The van der Waals surface area contributed by atoms with Crippen LogP contribution in [0.4, 0.5) is 0 Å². The number of ether oxygens (including phenoxy) is 1.